The quantitative estimate of drug-likeness (QED) is 0.182. The summed E-state index contributed by atoms with van der Waals surface area (Å²) in [4.78, 5) is 26.6. The third-order valence-corrected chi connectivity index (χ3v) is 5.88. The van der Waals surface area contributed by atoms with E-state index in [0.717, 1.165) is 21.8 Å². The van der Waals surface area contributed by atoms with Crippen LogP contribution in [-0.4, -0.2) is 28.7 Å². The third-order valence-electron chi connectivity index (χ3n) is 4.87. The van der Waals surface area contributed by atoms with E-state index in [-0.39, 0.29) is 23.0 Å². The van der Waals surface area contributed by atoms with Crippen LogP contribution in [0.4, 0.5) is 11.4 Å². The second kappa shape index (κ2) is 9.52. The molecule has 0 radical (unpaired) electrons. The second-order valence-corrected chi connectivity index (χ2v) is 7.96. The molecule has 0 spiro atoms. The SMILES string of the molecule is COc1ccc([N+](=O)[O-])cc1NC(=O)CSc1[nH]c2ccccc2[n+]1Cc1ccccc1. The maximum absolute atomic E-state index is 12.6. The minimum Gasteiger partial charge on any atom is -0.495 e. The van der Waals surface area contributed by atoms with Gasteiger partial charge in [-0.3, -0.25) is 14.9 Å². The molecule has 1 heterocycles. The average molecular weight is 450 g/mol. The number of thioether (sulfide) groups is 1. The molecule has 0 saturated carbocycles. The number of para-hydroxylation sites is 2. The van der Waals surface area contributed by atoms with Crippen LogP contribution in [0.25, 0.3) is 11.0 Å². The van der Waals surface area contributed by atoms with Gasteiger partial charge in [-0.1, -0.05) is 42.5 Å². The predicted octanol–water partition coefficient (Wildman–Crippen LogP) is 4.15. The molecule has 1 aromatic heterocycles. The van der Waals surface area contributed by atoms with Gasteiger partial charge in [-0.2, -0.15) is 0 Å². The maximum atomic E-state index is 12.6. The van der Waals surface area contributed by atoms with Crippen molar-refractivity contribution in [2.75, 3.05) is 18.2 Å². The molecular weight excluding hydrogens is 428 g/mol. The van der Waals surface area contributed by atoms with Crippen LogP contribution in [-0.2, 0) is 11.3 Å². The molecule has 4 aromatic rings. The number of anilines is 1. The lowest BCUT2D eigenvalue weighted by molar-refractivity contribution is -0.700. The zero-order chi connectivity index (χ0) is 22.5. The summed E-state index contributed by atoms with van der Waals surface area (Å²) >= 11 is 1.36. The van der Waals surface area contributed by atoms with E-state index >= 15 is 0 Å². The van der Waals surface area contributed by atoms with Gasteiger partial charge in [-0.05, 0) is 35.5 Å². The molecule has 1 amide bonds. The monoisotopic (exact) mass is 449 g/mol. The number of imidazole rings is 1. The Morgan fingerprint density at radius 1 is 1.12 bits per heavy atom. The molecule has 4 rings (SSSR count). The van der Waals surface area contributed by atoms with Crippen LogP contribution in [0.5, 0.6) is 5.75 Å². The topological polar surface area (TPSA) is 101 Å². The predicted molar refractivity (Wildman–Crippen MR) is 123 cm³/mol. The zero-order valence-electron chi connectivity index (χ0n) is 17.3. The number of hydrogen-bond acceptors (Lipinski definition) is 5. The molecule has 0 aliphatic heterocycles. The Morgan fingerprint density at radius 2 is 1.88 bits per heavy atom. The number of nitrogens with one attached hydrogen (secondary N) is 2. The van der Waals surface area contributed by atoms with Crippen molar-refractivity contribution in [3.8, 4) is 5.75 Å². The minimum absolute atomic E-state index is 0.119. The number of rotatable bonds is 8. The lowest BCUT2D eigenvalue weighted by Gasteiger charge is -2.09. The van der Waals surface area contributed by atoms with Crippen LogP contribution >= 0.6 is 11.8 Å². The number of nitrogens with zero attached hydrogens (tertiary/aromatic N) is 2. The lowest BCUT2D eigenvalue weighted by atomic mass is 10.2. The second-order valence-electron chi connectivity index (χ2n) is 7.00. The Bertz CT molecular complexity index is 1270. The zero-order valence-corrected chi connectivity index (χ0v) is 18.1. The van der Waals surface area contributed by atoms with E-state index in [2.05, 4.69) is 27.0 Å². The fraction of sp³-hybridized carbons (Fsp3) is 0.130. The summed E-state index contributed by atoms with van der Waals surface area (Å²) in [5.74, 6) is 0.186. The number of nitro benzene ring substituents is 1. The Labute approximate surface area is 188 Å². The fourth-order valence-corrected chi connectivity index (χ4v) is 4.21. The van der Waals surface area contributed by atoms with Crippen molar-refractivity contribution in [1.29, 1.82) is 0 Å². The smallest absolute Gasteiger partial charge is 0.317 e. The molecule has 0 bridgehead atoms. The Morgan fingerprint density at radius 3 is 2.62 bits per heavy atom. The molecule has 0 aliphatic carbocycles. The minimum atomic E-state index is -0.513. The number of ether oxygens (including phenoxy) is 1. The van der Waals surface area contributed by atoms with Gasteiger partial charge in [-0.25, -0.2) is 9.55 Å². The third kappa shape index (κ3) is 4.73. The number of hydrogen-bond donors (Lipinski definition) is 2. The summed E-state index contributed by atoms with van der Waals surface area (Å²) in [6, 6.07) is 22.2. The van der Waals surface area contributed by atoms with E-state index in [1.165, 1.54) is 37.1 Å². The first-order valence-electron chi connectivity index (χ1n) is 9.84. The van der Waals surface area contributed by atoms with Crippen LogP contribution < -0.4 is 14.6 Å². The Balaban J connectivity index is 1.53. The molecule has 0 fully saturated rings. The molecule has 2 N–H and O–H groups in total. The molecule has 0 unspecified atom stereocenters. The van der Waals surface area contributed by atoms with E-state index in [1.807, 2.05) is 42.5 Å². The van der Waals surface area contributed by atoms with Crippen molar-refractivity contribution in [1.82, 2.24) is 4.98 Å². The lowest BCUT2D eigenvalue weighted by Crippen LogP contribution is -2.35. The van der Waals surface area contributed by atoms with Crippen LogP contribution in [0.3, 0.4) is 0 Å². The summed E-state index contributed by atoms with van der Waals surface area (Å²) in [6.45, 7) is 0.660. The number of fused-ring (bicyclic) bond motifs is 1. The highest BCUT2D eigenvalue weighted by Crippen LogP contribution is 2.29. The van der Waals surface area contributed by atoms with E-state index in [4.69, 9.17) is 4.74 Å². The highest BCUT2D eigenvalue weighted by atomic mass is 32.2. The van der Waals surface area contributed by atoms with Gasteiger partial charge < -0.3 is 10.1 Å². The number of aromatic nitrogens is 2. The molecule has 8 nitrogen and oxygen atoms in total. The molecule has 9 heteroatoms. The highest BCUT2D eigenvalue weighted by Gasteiger charge is 2.21. The molecule has 162 valence electrons. The van der Waals surface area contributed by atoms with Crippen molar-refractivity contribution >= 4 is 40.1 Å². The van der Waals surface area contributed by atoms with Crippen LogP contribution in [0.2, 0.25) is 0 Å². The van der Waals surface area contributed by atoms with E-state index in [1.54, 1.807) is 0 Å². The number of benzene rings is 3. The fourth-order valence-electron chi connectivity index (χ4n) is 3.37. The van der Waals surface area contributed by atoms with Gasteiger partial charge in [0, 0.05) is 12.1 Å². The summed E-state index contributed by atoms with van der Waals surface area (Å²) in [6.07, 6.45) is 0. The molecule has 0 aliphatic rings. The number of aromatic amines is 1. The van der Waals surface area contributed by atoms with Crippen molar-refractivity contribution in [3.05, 3.63) is 88.5 Å². The van der Waals surface area contributed by atoms with Gasteiger partial charge in [0.05, 0.1) is 23.5 Å². The summed E-state index contributed by atoms with van der Waals surface area (Å²) < 4.78 is 7.35. The Hall–Kier alpha value is -3.85. The summed E-state index contributed by atoms with van der Waals surface area (Å²) in [5.41, 5.74) is 3.31. The number of carbonyl (C=O) groups is 1. The first-order valence-corrected chi connectivity index (χ1v) is 10.8. The number of amides is 1. The van der Waals surface area contributed by atoms with E-state index < -0.39 is 4.92 Å². The number of methoxy groups -OCH3 is 1. The van der Waals surface area contributed by atoms with Gasteiger partial charge in [0.2, 0.25) is 5.91 Å². The van der Waals surface area contributed by atoms with Gasteiger partial charge in [-0.15, -0.1) is 0 Å². The number of nitro groups is 1. The molecule has 0 saturated heterocycles. The number of non-ortho nitro benzene ring substituents is 1. The van der Waals surface area contributed by atoms with Crippen molar-refractivity contribution < 1.29 is 19.0 Å². The molecule has 32 heavy (non-hydrogen) atoms. The van der Waals surface area contributed by atoms with Crippen molar-refractivity contribution in [2.45, 2.75) is 11.7 Å². The molecule has 0 atom stereocenters. The summed E-state index contributed by atoms with van der Waals surface area (Å²) in [7, 11) is 1.45. The van der Waals surface area contributed by atoms with Gasteiger partial charge in [0.1, 0.15) is 12.3 Å². The molecular formula is C23H21N4O4S+. The van der Waals surface area contributed by atoms with E-state index in [9.17, 15) is 14.9 Å². The van der Waals surface area contributed by atoms with Crippen molar-refractivity contribution in [2.24, 2.45) is 0 Å². The largest absolute Gasteiger partial charge is 0.495 e. The average Bonchev–Trinajstić information content (AvgIpc) is 3.15. The Kier molecular flexibility index (Phi) is 6.37. The van der Waals surface area contributed by atoms with Gasteiger partial charge in [0.15, 0.2) is 11.0 Å². The van der Waals surface area contributed by atoms with Crippen molar-refractivity contribution in [3.63, 3.8) is 0 Å². The van der Waals surface area contributed by atoms with Gasteiger partial charge in [0.25, 0.3) is 5.69 Å². The standard InChI is InChI=1S/C23H20N4O4S/c1-31-21-12-11-17(27(29)30)13-19(21)24-22(28)15-32-23-25-18-9-5-6-10-20(18)26(23)14-16-7-3-2-4-8-16/h2-13H,14-15H2,1H3,(H,24,28)/p+1. The number of carbonyl (C=O) groups excluding carboxylic acids is 1. The highest BCUT2D eigenvalue weighted by molar-refractivity contribution is 7.99. The van der Waals surface area contributed by atoms with Crippen LogP contribution in [0.15, 0.2) is 78.0 Å². The van der Waals surface area contributed by atoms with Gasteiger partial charge >= 0.3 is 5.16 Å². The normalized spacial score (nSPS) is 10.8. The maximum Gasteiger partial charge on any atom is 0.317 e. The number of H-pyrrole nitrogens is 1. The first-order chi connectivity index (χ1) is 15.5. The first kappa shape index (κ1) is 21.4. The van der Waals surface area contributed by atoms with Crippen LogP contribution in [0.1, 0.15) is 5.56 Å². The summed E-state index contributed by atoms with van der Waals surface area (Å²) in [5, 5.41) is 14.6. The molecule has 3 aromatic carbocycles. The van der Waals surface area contributed by atoms with E-state index in [0.29, 0.717) is 12.3 Å². The van der Waals surface area contributed by atoms with Crippen LogP contribution in [0, 0.1) is 10.1 Å².